The van der Waals surface area contributed by atoms with Gasteiger partial charge in [0.2, 0.25) is 0 Å². The molecule has 72 valence electrons. The van der Waals surface area contributed by atoms with Gasteiger partial charge in [-0.15, -0.1) is 0 Å². The average molecular weight is 184 g/mol. The van der Waals surface area contributed by atoms with Gasteiger partial charge in [-0.1, -0.05) is 13.8 Å². The van der Waals surface area contributed by atoms with Crippen LogP contribution in [0, 0.1) is 11.8 Å². The standard InChI is InChI=1S/C7H11F3O2/c1-4(2)5(3-6(11)12)7(8,9)10/h4-5H,3H2,1-2H3,(H,11,12)/t5-/m0/s1. The third kappa shape index (κ3) is 3.59. The smallest absolute Gasteiger partial charge is 0.392 e. The van der Waals surface area contributed by atoms with E-state index in [9.17, 15) is 18.0 Å². The number of hydrogen-bond acceptors (Lipinski definition) is 1. The molecule has 1 N–H and O–H groups in total. The van der Waals surface area contributed by atoms with Gasteiger partial charge in [0.15, 0.2) is 0 Å². The van der Waals surface area contributed by atoms with Crippen molar-refractivity contribution in [2.45, 2.75) is 26.4 Å². The zero-order chi connectivity index (χ0) is 9.94. The highest BCUT2D eigenvalue weighted by atomic mass is 19.4. The molecule has 0 aliphatic heterocycles. The van der Waals surface area contributed by atoms with Crippen LogP contribution in [0.25, 0.3) is 0 Å². The topological polar surface area (TPSA) is 37.3 Å². The van der Waals surface area contributed by atoms with Crippen molar-refractivity contribution >= 4 is 5.97 Å². The second-order valence-corrected chi connectivity index (χ2v) is 2.99. The van der Waals surface area contributed by atoms with Crippen LogP contribution in [-0.2, 0) is 4.79 Å². The summed E-state index contributed by atoms with van der Waals surface area (Å²) in [6.45, 7) is 2.72. The Kier molecular flexibility index (Phi) is 3.55. The highest BCUT2D eigenvalue weighted by molar-refractivity contribution is 5.67. The van der Waals surface area contributed by atoms with Crippen molar-refractivity contribution < 1.29 is 23.1 Å². The van der Waals surface area contributed by atoms with E-state index in [1.807, 2.05) is 0 Å². The van der Waals surface area contributed by atoms with Gasteiger partial charge in [0.25, 0.3) is 0 Å². The Balaban J connectivity index is 4.35. The Hall–Kier alpha value is -0.740. The zero-order valence-corrected chi connectivity index (χ0v) is 6.85. The molecular formula is C7H11F3O2. The average Bonchev–Trinajstić information content (AvgIpc) is 1.79. The van der Waals surface area contributed by atoms with E-state index in [4.69, 9.17) is 5.11 Å². The van der Waals surface area contributed by atoms with Gasteiger partial charge in [-0.3, -0.25) is 4.79 Å². The van der Waals surface area contributed by atoms with Crippen LogP contribution in [0.2, 0.25) is 0 Å². The minimum Gasteiger partial charge on any atom is -0.481 e. The molecule has 1 atom stereocenters. The van der Waals surface area contributed by atoms with Gasteiger partial charge < -0.3 is 5.11 Å². The molecule has 0 amide bonds. The number of carbonyl (C=O) groups is 1. The largest absolute Gasteiger partial charge is 0.481 e. The molecule has 5 heteroatoms. The summed E-state index contributed by atoms with van der Waals surface area (Å²) in [6, 6.07) is 0. The van der Waals surface area contributed by atoms with Crippen molar-refractivity contribution in [2.75, 3.05) is 0 Å². The van der Waals surface area contributed by atoms with Crippen LogP contribution in [0.1, 0.15) is 20.3 Å². The summed E-state index contributed by atoms with van der Waals surface area (Å²) in [5, 5.41) is 8.20. The Morgan fingerprint density at radius 3 is 1.92 bits per heavy atom. The van der Waals surface area contributed by atoms with Gasteiger partial charge in [-0.05, 0) is 5.92 Å². The van der Waals surface area contributed by atoms with Gasteiger partial charge in [0.1, 0.15) is 0 Å². The summed E-state index contributed by atoms with van der Waals surface area (Å²) in [7, 11) is 0. The second-order valence-electron chi connectivity index (χ2n) is 2.99. The maximum atomic E-state index is 12.1. The minimum absolute atomic E-state index is 0.693. The lowest BCUT2D eigenvalue weighted by Gasteiger charge is -2.21. The monoisotopic (exact) mass is 184 g/mol. The molecule has 0 aromatic heterocycles. The fourth-order valence-electron chi connectivity index (χ4n) is 0.918. The summed E-state index contributed by atoms with van der Waals surface area (Å²) >= 11 is 0. The molecule has 0 rings (SSSR count). The van der Waals surface area contributed by atoms with Crippen LogP contribution in [0.5, 0.6) is 0 Å². The number of halogens is 3. The molecule has 0 aliphatic carbocycles. The molecule has 0 aromatic rings. The molecule has 0 saturated carbocycles. The van der Waals surface area contributed by atoms with Crippen molar-refractivity contribution in [1.82, 2.24) is 0 Å². The molecule has 0 spiro atoms. The summed E-state index contributed by atoms with van der Waals surface area (Å²) < 4.78 is 36.2. The zero-order valence-electron chi connectivity index (χ0n) is 6.85. The van der Waals surface area contributed by atoms with Gasteiger partial charge >= 0.3 is 12.1 Å². The number of hydrogen-bond donors (Lipinski definition) is 1. The van der Waals surface area contributed by atoms with Gasteiger partial charge in [0, 0.05) is 0 Å². The number of alkyl halides is 3. The molecule has 0 bridgehead atoms. The molecule has 0 heterocycles. The molecule has 0 aliphatic rings. The van der Waals surface area contributed by atoms with Crippen molar-refractivity contribution in [3.63, 3.8) is 0 Å². The lowest BCUT2D eigenvalue weighted by molar-refractivity contribution is -0.192. The van der Waals surface area contributed by atoms with Crippen LogP contribution in [0.15, 0.2) is 0 Å². The predicted molar refractivity (Wildman–Crippen MR) is 36.6 cm³/mol. The lowest BCUT2D eigenvalue weighted by Crippen LogP contribution is -2.29. The molecule has 0 radical (unpaired) electrons. The first-order valence-electron chi connectivity index (χ1n) is 3.53. The summed E-state index contributed by atoms with van der Waals surface area (Å²) in [5.74, 6) is -3.85. The van der Waals surface area contributed by atoms with Crippen LogP contribution in [0.3, 0.4) is 0 Å². The molecular weight excluding hydrogens is 173 g/mol. The normalized spacial score (nSPS) is 14.8. The molecule has 0 unspecified atom stereocenters. The molecule has 2 nitrogen and oxygen atoms in total. The third-order valence-electron chi connectivity index (χ3n) is 1.62. The van der Waals surface area contributed by atoms with Crippen molar-refractivity contribution in [3.8, 4) is 0 Å². The third-order valence-corrected chi connectivity index (χ3v) is 1.62. The van der Waals surface area contributed by atoms with Crippen molar-refractivity contribution in [3.05, 3.63) is 0 Å². The molecule has 0 fully saturated rings. The number of aliphatic carboxylic acids is 1. The molecule has 0 aromatic carbocycles. The lowest BCUT2D eigenvalue weighted by atomic mass is 9.92. The van der Waals surface area contributed by atoms with E-state index in [0.29, 0.717) is 0 Å². The summed E-state index contributed by atoms with van der Waals surface area (Å²) in [6.07, 6.45) is -5.26. The van der Waals surface area contributed by atoms with Crippen LogP contribution in [-0.4, -0.2) is 17.3 Å². The van der Waals surface area contributed by atoms with E-state index in [1.165, 1.54) is 13.8 Å². The van der Waals surface area contributed by atoms with Gasteiger partial charge in [-0.2, -0.15) is 13.2 Å². The minimum atomic E-state index is -4.41. The maximum Gasteiger partial charge on any atom is 0.392 e. The summed E-state index contributed by atoms with van der Waals surface area (Å²) in [5.41, 5.74) is 0. The second kappa shape index (κ2) is 3.78. The first-order chi connectivity index (χ1) is 5.25. The van der Waals surface area contributed by atoms with Crippen LogP contribution >= 0.6 is 0 Å². The Labute approximate surface area is 68.4 Å². The van der Waals surface area contributed by atoms with E-state index in [-0.39, 0.29) is 0 Å². The molecule has 12 heavy (non-hydrogen) atoms. The number of carboxylic acids is 1. The van der Waals surface area contributed by atoms with Gasteiger partial charge in [0.05, 0.1) is 12.3 Å². The highest BCUT2D eigenvalue weighted by Crippen LogP contribution is 2.34. The first kappa shape index (κ1) is 11.3. The number of rotatable bonds is 3. The first-order valence-corrected chi connectivity index (χ1v) is 3.53. The molecule has 0 saturated heterocycles. The quantitative estimate of drug-likeness (QED) is 0.730. The Morgan fingerprint density at radius 2 is 1.83 bits per heavy atom. The fourth-order valence-corrected chi connectivity index (χ4v) is 0.918. The SMILES string of the molecule is CC(C)[C@H](CC(=O)O)C(F)(F)F. The predicted octanol–water partition coefficient (Wildman–Crippen LogP) is 2.30. The maximum absolute atomic E-state index is 12.1. The van der Waals surface area contributed by atoms with E-state index in [2.05, 4.69) is 0 Å². The van der Waals surface area contributed by atoms with Crippen LogP contribution < -0.4 is 0 Å². The van der Waals surface area contributed by atoms with E-state index >= 15 is 0 Å². The van der Waals surface area contributed by atoms with Crippen LogP contribution in [0.4, 0.5) is 13.2 Å². The van der Waals surface area contributed by atoms with E-state index in [1.54, 1.807) is 0 Å². The summed E-state index contributed by atoms with van der Waals surface area (Å²) in [4.78, 5) is 10.1. The highest BCUT2D eigenvalue weighted by Gasteiger charge is 2.42. The van der Waals surface area contributed by atoms with Gasteiger partial charge in [-0.25, -0.2) is 0 Å². The number of carboxylic acid groups (broad SMARTS) is 1. The van der Waals surface area contributed by atoms with E-state index in [0.717, 1.165) is 0 Å². The Morgan fingerprint density at radius 1 is 1.42 bits per heavy atom. The van der Waals surface area contributed by atoms with E-state index < -0.39 is 30.4 Å². The Bertz CT molecular complexity index is 163. The fraction of sp³-hybridized carbons (Fsp3) is 0.857. The van der Waals surface area contributed by atoms with Crippen molar-refractivity contribution in [1.29, 1.82) is 0 Å². The van der Waals surface area contributed by atoms with Crippen molar-refractivity contribution in [2.24, 2.45) is 11.8 Å².